The van der Waals surface area contributed by atoms with Gasteiger partial charge in [-0.15, -0.1) is 0 Å². The lowest BCUT2D eigenvalue weighted by atomic mass is 10.2. The van der Waals surface area contributed by atoms with Crippen molar-refractivity contribution < 1.29 is 29.0 Å². The SMILES string of the molecule is COc1ccc(/C=C/C(=O)Oc2ccc(/C=C3/SC(=S)N(CC(=O)O)C3=O)cc2)cc1. The van der Waals surface area contributed by atoms with Gasteiger partial charge in [-0.05, 0) is 47.5 Å². The van der Waals surface area contributed by atoms with Gasteiger partial charge in [-0.2, -0.15) is 0 Å². The lowest BCUT2D eigenvalue weighted by Crippen LogP contribution is -2.33. The van der Waals surface area contributed by atoms with Crippen LogP contribution in [0.15, 0.2) is 59.5 Å². The Morgan fingerprint density at radius 3 is 2.29 bits per heavy atom. The summed E-state index contributed by atoms with van der Waals surface area (Å²) in [7, 11) is 1.58. The lowest BCUT2D eigenvalue weighted by molar-refractivity contribution is -0.140. The van der Waals surface area contributed by atoms with Crippen LogP contribution in [-0.4, -0.2) is 45.8 Å². The zero-order valence-electron chi connectivity index (χ0n) is 16.3. The molecule has 0 aromatic heterocycles. The molecule has 0 spiro atoms. The number of carboxylic acid groups (broad SMARTS) is 1. The molecule has 0 bridgehead atoms. The van der Waals surface area contributed by atoms with Crippen molar-refractivity contribution in [1.82, 2.24) is 4.90 Å². The second-order valence-electron chi connectivity index (χ2n) is 6.26. The number of carbonyl (C=O) groups is 3. The molecule has 9 heteroatoms. The Kier molecular flexibility index (Phi) is 7.22. The third-order valence-electron chi connectivity index (χ3n) is 4.09. The number of benzene rings is 2. The van der Waals surface area contributed by atoms with E-state index >= 15 is 0 Å². The van der Waals surface area contributed by atoms with Crippen LogP contribution >= 0.6 is 24.0 Å². The molecular formula is C22H17NO6S2. The number of carbonyl (C=O) groups excluding carboxylic acids is 2. The average molecular weight is 456 g/mol. The van der Waals surface area contributed by atoms with E-state index in [1.807, 2.05) is 12.1 Å². The molecule has 2 aromatic carbocycles. The molecule has 1 aliphatic rings. The number of thiocarbonyl (C=S) groups is 1. The molecule has 31 heavy (non-hydrogen) atoms. The van der Waals surface area contributed by atoms with Gasteiger partial charge in [0.1, 0.15) is 22.4 Å². The van der Waals surface area contributed by atoms with E-state index < -0.39 is 24.4 Å². The molecule has 0 unspecified atom stereocenters. The highest BCUT2D eigenvalue weighted by Gasteiger charge is 2.33. The zero-order valence-corrected chi connectivity index (χ0v) is 17.9. The highest BCUT2D eigenvalue weighted by molar-refractivity contribution is 8.26. The third kappa shape index (κ3) is 6.03. The minimum absolute atomic E-state index is 0.202. The van der Waals surface area contributed by atoms with Gasteiger partial charge in [0.25, 0.3) is 5.91 Å². The summed E-state index contributed by atoms with van der Waals surface area (Å²) in [4.78, 5) is 36.5. The number of hydrogen-bond acceptors (Lipinski definition) is 7. The second kappa shape index (κ2) is 10.1. The van der Waals surface area contributed by atoms with Gasteiger partial charge < -0.3 is 14.6 Å². The summed E-state index contributed by atoms with van der Waals surface area (Å²) in [5.41, 5.74) is 1.51. The van der Waals surface area contributed by atoms with Crippen molar-refractivity contribution in [2.24, 2.45) is 0 Å². The van der Waals surface area contributed by atoms with Crippen molar-refractivity contribution in [3.8, 4) is 11.5 Å². The smallest absolute Gasteiger partial charge is 0.336 e. The monoisotopic (exact) mass is 455 g/mol. The molecule has 2 aromatic rings. The normalized spacial score (nSPS) is 15.0. The fraction of sp³-hybridized carbons (Fsp3) is 0.0909. The standard InChI is InChI=1S/C22H17NO6S2/c1-28-16-7-2-14(3-8-16)6-11-20(26)29-17-9-4-15(5-10-17)12-18-21(27)23(13-19(24)25)22(30)31-18/h2-12H,13H2,1H3,(H,24,25)/b11-6+,18-12+. The van der Waals surface area contributed by atoms with Crippen molar-refractivity contribution in [1.29, 1.82) is 0 Å². The van der Waals surface area contributed by atoms with Crippen LogP contribution in [0.4, 0.5) is 0 Å². The van der Waals surface area contributed by atoms with Crippen LogP contribution in [0.1, 0.15) is 11.1 Å². The first-order chi connectivity index (χ1) is 14.9. The van der Waals surface area contributed by atoms with Gasteiger partial charge in [0.15, 0.2) is 0 Å². The van der Waals surface area contributed by atoms with Crippen LogP contribution in [0.25, 0.3) is 12.2 Å². The van der Waals surface area contributed by atoms with E-state index in [0.29, 0.717) is 16.2 Å². The van der Waals surface area contributed by atoms with E-state index in [4.69, 9.17) is 26.8 Å². The number of esters is 1. The molecule has 1 N–H and O–H groups in total. The molecule has 1 saturated heterocycles. The number of nitrogens with zero attached hydrogens (tertiary/aromatic N) is 1. The Labute approximate surface area is 188 Å². The second-order valence-corrected chi connectivity index (χ2v) is 7.93. The largest absolute Gasteiger partial charge is 0.497 e. The minimum Gasteiger partial charge on any atom is -0.497 e. The molecule has 0 aliphatic carbocycles. The first-order valence-corrected chi connectivity index (χ1v) is 10.2. The summed E-state index contributed by atoms with van der Waals surface area (Å²) in [6.45, 7) is -0.471. The number of methoxy groups -OCH3 is 1. The molecule has 7 nitrogen and oxygen atoms in total. The van der Waals surface area contributed by atoms with E-state index in [1.165, 1.54) is 6.08 Å². The number of rotatable bonds is 7. The van der Waals surface area contributed by atoms with Crippen molar-refractivity contribution >= 4 is 58.3 Å². The van der Waals surface area contributed by atoms with Gasteiger partial charge >= 0.3 is 11.9 Å². The van der Waals surface area contributed by atoms with Crippen LogP contribution in [0, 0.1) is 0 Å². The quantitative estimate of drug-likeness (QED) is 0.293. The van der Waals surface area contributed by atoms with Crippen molar-refractivity contribution in [2.45, 2.75) is 0 Å². The third-order valence-corrected chi connectivity index (χ3v) is 5.47. The lowest BCUT2D eigenvalue weighted by Gasteiger charge is -2.10. The van der Waals surface area contributed by atoms with Gasteiger partial charge in [0.05, 0.1) is 12.0 Å². The van der Waals surface area contributed by atoms with E-state index in [1.54, 1.807) is 55.7 Å². The maximum absolute atomic E-state index is 12.3. The minimum atomic E-state index is -1.13. The van der Waals surface area contributed by atoms with Gasteiger partial charge in [0, 0.05) is 6.08 Å². The van der Waals surface area contributed by atoms with E-state index in [2.05, 4.69) is 0 Å². The van der Waals surface area contributed by atoms with Crippen molar-refractivity contribution in [3.63, 3.8) is 0 Å². The predicted molar refractivity (Wildman–Crippen MR) is 122 cm³/mol. The Hall–Kier alpha value is -3.43. The summed E-state index contributed by atoms with van der Waals surface area (Å²) >= 11 is 6.11. The van der Waals surface area contributed by atoms with Gasteiger partial charge in [0.2, 0.25) is 0 Å². The highest BCUT2D eigenvalue weighted by Crippen LogP contribution is 2.32. The van der Waals surface area contributed by atoms with Crippen LogP contribution in [-0.2, 0) is 14.4 Å². The molecule has 0 radical (unpaired) electrons. The van der Waals surface area contributed by atoms with E-state index in [9.17, 15) is 14.4 Å². The predicted octanol–water partition coefficient (Wildman–Crippen LogP) is 3.60. The fourth-order valence-corrected chi connectivity index (χ4v) is 3.84. The Bertz CT molecular complexity index is 1070. The number of carboxylic acids is 1. The fourth-order valence-electron chi connectivity index (χ4n) is 2.58. The molecule has 1 heterocycles. The number of hydrogen-bond donors (Lipinski definition) is 1. The van der Waals surface area contributed by atoms with E-state index in [0.717, 1.165) is 28.0 Å². The Morgan fingerprint density at radius 1 is 1.06 bits per heavy atom. The molecular weight excluding hydrogens is 438 g/mol. The number of aliphatic carboxylic acids is 1. The summed E-state index contributed by atoms with van der Waals surface area (Å²) in [5, 5.41) is 8.88. The van der Waals surface area contributed by atoms with Crippen LogP contribution < -0.4 is 9.47 Å². The average Bonchev–Trinajstić information content (AvgIpc) is 3.01. The zero-order chi connectivity index (χ0) is 22.4. The van der Waals surface area contributed by atoms with Crippen LogP contribution in [0.5, 0.6) is 11.5 Å². The van der Waals surface area contributed by atoms with E-state index in [-0.39, 0.29) is 4.32 Å². The summed E-state index contributed by atoms with van der Waals surface area (Å²) in [6, 6.07) is 13.8. The van der Waals surface area contributed by atoms with Crippen molar-refractivity contribution in [3.05, 3.63) is 70.6 Å². The van der Waals surface area contributed by atoms with Gasteiger partial charge in [-0.3, -0.25) is 14.5 Å². The first kappa shape index (κ1) is 22.3. The topological polar surface area (TPSA) is 93.1 Å². The molecule has 3 rings (SSSR count). The van der Waals surface area contributed by atoms with Crippen molar-refractivity contribution in [2.75, 3.05) is 13.7 Å². The number of thioether (sulfide) groups is 1. The van der Waals surface area contributed by atoms with Crippen LogP contribution in [0.3, 0.4) is 0 Å². The maximum atomic E-state index is 12.3. The van der Waals surface area contributed by atoms with Gasteiger partial charge in [-0.25, -0.2) is 4.79 Å². The van der Waals surface area contributed by atoms with Crippen LogP contribution in [0.2, 0.25) is 0 Å². The Balaban J connectivity index is 1.61. The summed E-state index contributed by atoms with van der Waals surface area (Å²) in [5.74, 6) is -1.04. The summed E-state index contributed by atoms with van der Waals surface area (Å²) in [6.07, 6.45) is 4.56. The molecule has 1 amide bonds. The molecule has 1 fully saturated rings. The molecule has 1 aliphatic heterocycles. The summed E-state index contributed by atoms with van der Waals surface area (Å²) < 4.78 is 10.6. The Morgan fingerprint density at radius 2 is 1.68 bits per heavy atom. The number of amides is 1. The van der Waals surface area contributed by atoms with Gasteiger partial charge in [-0.1, -0.05) is 48.2 Å². The first-order valence-electron chi connectivity index (χ1n) is 8.97. The maximum Gasteiger partial charge on any atom is 0.336 e. The molecule has 158 valence electrons. The molecule has 0 saturated carbocycles. The molecule has 0 atom stereocenters. The highest BCUT2D eigenvalue weighted by atomic mass is 32.2. The number of ether oxygens (including phenoxy) is 2.